The van der Waals surface area contributed by atoms with Crippen molar-refractivity contribution in [3.8, 4) is 0 Å². The van der Waals surface area contributed by atoms with Crippen LogP contribution in [0.2, 0.25) is 0 Å². The van der Waals surface area contributed by atoms with E-state index in [1.807, 2.05) is 0 Å². The molecular formula is C14H25N3O. The zero-order valence-corrected chi connectivity index (χ0v) is 12.2. The van der Waals surface area contributed by atoms with Crippen LogP contribution in [-0.4, -0.2) is 19.9 Å². The van der Waals surface area contributed by atoms with Gasteiger partial charge in [0.1, 0.15) is 12.4 Å². The van der Waals surface area contributed by atoms with E-state index in [4.69, 9.17) is 0 Å². The van der Waals surface area contributed by atoms with Gasteiger partial charge >= 0.3 is 0 Å². The van der Waals surface area contributed by atoms with Gasteiger partial charge in [-0.25, -0.2) is 0 Å². The molecule has 0 radical (unpaired) electrons. The average Bonchev–Trinajstić information content (AvgIpc) is 2.79. The maximum atomic E-state index is 9.44. The van der Waals surface area contributed by atoms with Crippen molar-refractivity contribution < 1.29 is 5.11 Å². The van der Waals surface area contributed by atoms with Crippen LogP contribution in [0.15, 0.2) is 0 Å². The second-order valence-corrected chi connectivity index (χ2v) is 7.07. The second-order valence-electron chi connectivity index (χ2n) is 7.07. The van der Waals surface area contributed by atoms with Crippen molar-refractivity contribution in [2.24, 2.45) is 5.41 Å². The molecule has 0 amide bonds. The predicted octanol–water partition coefficient (Wildman–Crippen LogP) is 2.82. The topological polar surface area (TPSA) is 50.9 Å². The molecule has 0 bridgehead atoms. The number of rotatable bonds is 2. The van der Waals surface area contributed by atoms with Gasteiger partial charge in [-0.3, -0.25) is 0 Å². The van der Waals surface area contributed by atoms with Crippen molar-refractivity contribution in [3.05, 3.63) is 11.6 Å². The third-order valence-electron chi connectivity index (χ3n) is 4.14. The van der Waals surface area contributed by atoms with Crippen LogP contribution in [0.4, 0.5) is 0 Å². The standard InChI is InChI=1S/C14H25N3O/c1-13(2,3)17-11(9-18)15-16-12(17)10-7-6-8-14(10,4)5/h10,18H,6-9H2,1-5H3. The van der Waals surface area contributed by atoms with Crippen LogP contribution in [0.1, 0.15) is 71.4 Å². The highest BCUT2D eigenvalue weighted by Crippen LogP contribution is 2.48. The monoisotopic (exact) mass is 251 g/mol. The van der Waals surface area contributed by atoms with Crippen LogP contribution in [-0.2, 0) is 12.1 Å². The van der Waals surface area contributed by atoms with E-state index in [2.05, 4.69) is 49.4 Å². The molecule has 102 valence electrons. The summed E-state index contributed by atoms with van der Waals surface area (Å²) in [5.74, 6) is 2.18. The summed E-state index contributed by atoms with van der Waals surface area (Å²) >= 11 is 0. The number of hydrogen-bond acceptors (Lipinski definition) is 3. The Labute approximate surface area is 109 Å². The van der Waals surface area contributed by atoms with Gasteiger partial charge in [-0.05, 0) is 39.0 Å². The van der Waals surface area contributed by atoms with E-state index in [9.17, 15) is 5.11 Å². The van der Waals surface area contributed by atoms with Crippen LogP contribution < -0.4 is 0 Å². The van der Waals surface area contributed by atoms with Crippen LogP contribution in [0.5, 0.6) is 0 Å². The van der Waals surface area contributed by atoms with Crippen molar-refractivity contribution in [3.63, 3.8) is 0 Å². The number of aliphatic hydroxyl groups is 1. The predicted molar refractivity (Wildman–Crippen MR) is 71.3 cm³/mol. The first-order chi connectivity index (χ1) is 8.27. The highest BCUT2D eigenvalue weighted by atomic mass is 16.3. The molecular weight excluding hydrogens is 226 g/mol. The first-order valence-electron chi connectivity index (χ1n) is 6.83. The molecule has 0 aromatic carbocycles. The molecule has 1 unspecified atom stereocenters. The molecule has 4 heteroatoms. The van der Waals surface area contributed by atoms with Crippen molar-refractivity contribution in [1.29, 1.82) is 0 Å². The summed E-state index contributed by atoms with van der Waals surface area (Å²) in [7, 11) is 0. The fraction of sp³-hybridized carbons (Fsp3) is 0.857. The second kappa shape index (κ2) is 4.34. The summed E-state index contributed by atoms with van der Waals surface area (Å²) in [6.45, 7) is 11.0. The van der Waals surface area contributed by atoms with Gasteiger partial charge in [0.2, 0.25) is 0 Å². The molecule has 1 aliphatic carbocycles. The van der Waals surface area contributed by atoms with Crippen molar-refractivity contribution in [2.45, 2.75) is 71.9 Å². The van der Waals surface area contributed by atoms with Gasteiger partial charge in [0.05, 0.1) is 0 Å². The Hall–Kier alpha value is -0.900. The van der Waals surface area contributed by atoms with Crippen LogP contribution in [0.3, 0.4) is 0 Å². The Balaban J connectivity index is 2.49. The van der Waals surface area contributed by atoms with Gasteiger partial charge in [-0.1, -0.05) is 20.3 Å². The van der Waals surface area contributed by atoms with Gasteiger partial charge < -0.3 is 9.67 Å². The number of nitrogens with zero attached hydrogens (tertiary/aromatic N) is 3. The zero-order valence-electron chi connectivity index (χ0n) is 12.2. The Bertz CT molecular complexity index is 429. The van der Waals surface area contributed by atoms with Crippen LogP contribution in [0.25, 0.3) is 0 Å². The molecule has 1 heterocycles. The third-order valence-corrected chi connectivity index (χ3v) is 4.14. The molecule has 4 nitrogen and oxygen atoms in total. The summed E-state index contributed by atoms with van der Waals surface area (Å²) in [6, 6.07) is 0. The van der Waals surface area contributed by atoms with Crippen LogP contribution >= 0.6 is 0 Å². The van der Waals surface area contributed by atoms with E-state index in [1.54, 1.807) is 0 Å². The quantitative estimate of drug-likeness (QED) is 0.879. The summed E-state index contributed by atoms with van der Waals surface area (Å²) < 4.78 is 2.13. The van der Waals surface area contributed by atoms with E-state index in [1.165, 1.54) is 19.3 Å². The molecule has 18 heavy (non-hydrogen) atoms. The summed E-state index contributed by atoms with van der Waals surface area (Å²) in [6.07, 6.45) is 3.67. The van der Waals surface area contributed by atoms with E-state index in [-0.39, 0.29) is 17.6 Å². The lowest BCUT2D eigenvalue weighted by Gasteiger charge is -2.31. The van der Waals surface area contributed by atoms with Crippen molar-refractivity contribution >= 4 is 0 Å². The molecule has 1 aromatic rings. The van der Waals surface area contributed by atoms with E-state index in [0.29, 0.717) is 11.7 Å². The molecule has 1 fully saturated rings. The van der Waals surface area contributed by atoms with Gasteiger partial charge in [-0.15, -0.1) is 10.2 Å². The van der Waals surface area contributed by atoms with Crippen LogP contribution in [0, 0.1) is 5.41 Å². The minimum absolute atomic E-state index is 0.0442. The fourth-order valence-electron chi connectivity index (χ4n) is 3.19. The first-order valence-corrected chi connectivity index (χ1v) is 6.83. The smallest absolute Gasteiger partial charge is 0.159 e. The number of hydrogen-bond donors (Lipinski definition) is 1. The largest absolute Gasteiger partial charge is 0.388 e. The molecule has 0 spiro atoms. The maximum absolute atomic E-state index is 9.44. The SMILES string of the molecule is CC1(C)CCCC1c1nnc(CO)n1C(C)(C)C. The fourth-order valence-corrected chi connectivity index (χ4v) is 3.19. The Morgan fingerprint density at radius 2 is 2.00 bits per heavy atom. The number of aliphatic hydroxyl groups excluding tert-OH is 1. The van der Waals surface area contributed by atoms with Crippen molar-refractivity contribution in [2.75, 3.05) is 0 Å². The highest BCUT2D eigenvalue weighted by molar-refractivity contribution is 5.11. The lowest BCUT2D eigenvalue weighted by Crippen LogP contribution is -2.30. The van der Waals surface area contributed by atoms with Gasteiger partial charge in [0.25, 0.3) is 0 Å². The maximum Gasteiger partial charge on any atom is 0.159 e. The van der Waals surface area contributed by atoms with E-state index < -0.39 is 0 Å². The van der Waals surface area contributed by atoms with Gasteiger partial charge in [0, 0.05) is 11.5 Å². The first kappa shape index (κ1) is 13.5. The van der Waals surface area contributed by atoms with Gasteiger partial charge in [0.15, 0.2) is 5.82 Å². The lowest BCUT2D eigenvalue weighted by molar-refractivity contribution is 0.240. The summed E-state index contributed by atoms with van der Waals surface area (Å²) in [5.41, 5.74) is 0.193. The Kier molecular flexibility index (Phi) is 3.26. The van der Waals surface area contributed by atoms with E-state index in [0.717, 1.165) is 5.82 Å². The summed E-state index contributed by atoms with van der Waals surface area (Å²) in [4.78, 5) is 0. The Morgan fingerprint density at radius 3 is 2.44 bits per heavy atom. The van der Waals surface area contributed by atoms with E-state index >= 15 is 0 Å². The molecule has 1 atom stereocenters. The molecule has 0 saturated heterocycles. The lowest BCUT2D eigenvalue weighted by atomic mass is 9.81. The molecule has 0 aliphatic heterocycles. The summed E-state index contributed by atoms with van der Waals surface area (Å²) in [5, 5.41) is 18.0. The highest BCUT2D eigenvalue weighted by Gasteiger charge is 2.40. The molecule has 1 aromatic heterocycles. The molecule has 1 N–H and O–H groups in total. The third kappa shape index (κ3) is 2.18. The van der Waals surface area contributed by atoms with Gasteiger partial charge in [-0.2, -0.15) is 0 Å². The minimum Gasteiger partial charge on any atom is -0.388 e. The zero-order chi connectivity index (χ0) is 13.6. The minimum atomic E-state index is -0.0877. The molecule has 1 saturated carbocycles. The normalized spacial score (nSPS) is 23.6. The Morgan fingerprint density at radius 1 is 1.33 bits per heavy atom. The molecule has 2 rings (SSSR count). The number of aromatic nitrogens is 3. The average molecular weight is 251 g/mol. The van der Waals surface area contributed by atoms with Crippen molar-refractivity contribution in [1.82, 2.24) is 14.8 Å². The molecule has 1 aliphatic rings.